The van der Waals surface area contributed by atoms with Crippen molar-refractivity contribution in [3.8, 4) is 11.1 Å². The van der Waals surface area contributed by atoms with Crippen molar-refractivity contribution in [3.63, 3.8) is 0 Å². The molecule has 1 aromatic carbocycles. The highest BCUT2D eigenvalue weighted by Gasteiger charge is 2.19. The van der Waals surface area contributed by atoms with Crippen molar-refractivity contribution in [2.24, 2.45) is 0 Å². The largest absolute Gasteiger partial charge is 0.207 e. The second-order valence-electron chi connectivity index (χ2n) is 3.24. The van der Waals surface area contributed by atoms with Gasteiger partial charge in [-0.3, -0.25) is 0 Å². The summed E-state index contributed by atoms with van der Waals surface area (Å²) in [6, 6.07) is 7.17. The van der Waals surface area contributed by atoms with E-state index in [9.17, 15) is 4.39 Å². The lowest BCUT2D eigenvalue weighted by Gasteiger charge is -1.97. The molecule has 0 fully saturated rings. The number of fused-ring (bicyclic) bond motifs is 3. The summed E-state index contributed by atoms with van der Waals surface area (Å²) in [4.78, 5) is 1.36. The van der Waals surface area contributed by atoms with Crippen LogP contribution in [0.25, 0.3) is 11.1 Å². The van der Waals surface area contributed by atoms with Crippen LogP contribution in [0.15, 0.2) is 29.6 Å². The van der Waals surface area contributed by atoms with Gasteiger partial charge in [-0.2, -0.15) is 0 Å². The van der Waals surface area contributed by atoms with E-state index in [1.54, 1.807) is 17.4 Å². The van der Waals surface area contributed by atoms with Crippen molar-refractivity contribution >= 4 is 11.3 Å². The molecule has 0 saturated heterocycles. The summed E-state index contributed by atoms with van der Waals surface area (Å²) in [5, 5.41) is 2.09. The Bertz CT molecular complexity index is 471. The molecule has 0 spiro atoms. The topological polar surface area (TPSA) is 0 Å². The monoisotopic (exact) mass is 190 g/mol. The van der Waals surface area contributed by atoms with Gasteiger partial charge in [-0.05, 0) is 40.3 Å². The van der Waals surface area contributed by atoms with Gasteiger partial charge < -0.3 is 0 Å². The number of hydrogen-bond donors (Lipinski definition) is 0. The average molecular weight is 190 g/mol. The standard InChI is InChI=1S/C11H7FS/c12-8-1-2-9-7(5-8)6-11-10(9)3-4-13-11/h1-5H,6H2. The summed E-state index contributed by atoms with van der Waals surface area (Å²) in [6.07, 6.45) is 0.903. The van der Waals surface area contributed by atoms with E-state index in [0.717, 1.165) is 12.0 Å². The van der Waals surface area contributed by atoms with Gasteiger partial charge in [0.1, 0.15) is 5.82 Å². The van der Waals surface area contributed by atoms with Crippen molar-refractivity contribution in [2.75, 3.05) is 0 Å². The van der Waals surface area contributed by atoms with Gasteiger partial charge in [0.2, 0.25) is 0 Å². The van der Waals surface area contributed by atoms with Crippen molar-refractivity contribution < 1.29 is 4.39 Å². The lowest BCUT2D eigenvalue weighted by molar-refractivity contribution is 0.626. The average Bonchev–Trinajstić information content (AvgIpc) is 2.62. The molecular formula is C11H7FS. The molecule has 1 aliphatic carbocycles. The molecule has 0 saturated carbocycles. The molecule has 1 aliphatic rings. The van der Waals surface area contributed by atoms with Gasteiger partial charge in [0.15, 0.2) is 0 Å². The highest BCUT2D eigenvalue weighted by Crippen LogP contribution is 2.39. The van der Waals surface area contributed by atoms with E-state index in [0.29, 0.717) is 0 Å². The molecule has 64 valence electrons. The molecule has 1 heterocycles. The molecule has 0 atom stereocenters. The minimum absolute atomic E-state index is 0.131. The number of benzene rings is 1. The number of thiophene rings is 1. The first-order valence-electron chi connectivity index (χ1n) is 4.20. The van der Waals surface area contributed by atoms with E-state index < -0.39 is 0 Å². The van der Waals surface area contributed by atoms with Gasteiger partial charge in [-0.15, -0.1) is 11.3 Å². The maximum atomic E-state index is 12.9. The molecule has 2 aromatic rings. The normalized spacial score (nSPS) is 12.7. The molecule has 0 nitrogen and oxygen atoms in total. The lowest BCUT2D eigenvalue weighted by Crippen LogP contribution is -1.81. The quantitative estimate of drug-likeness (QED) is 0.509. The molecule has 0 radical (unpaired) electrons. The Hall–Kier alpha value is -1.15. The Morgan fingerprint density at radius 2 is 2.08 bits per heavy atom. The minimum Gasteiger partial charge on any atom is -0.207 e. The van der Waals surface area contributed by atoms with Gasteiger partial charge >= 0.3 is 0 Å². The smallest absolute Gasteiger partial charge is 0.123 e. The molecule has 2 heteroatoms. The first-order chi connectivity index (χ1) is 6.34. The SMILES string of the molecule is Fc1ccc2c(c1)Cc1sccc1-2. The van der Waals surface area contributed by atoms with Crippen LogP contribution in [-0.4, -0.2) is 0 Å². The van der Waals surface area contributed by atoms with Crippen LogP contribution in [0.3, 0.4) is 0 Å². The zero-order valence-electron chi connectivity index (χ0n) is 6.88. The zero-order valence-corrected chi connectivity index (χ0v) is 7.70. The van der Waals surface area contributed by atoms with E-state index in [2.05, 4.69) is 11.4 Å². The van der Waals surface area contributed by atoms with Crippen LogP contribution in [0.4, 0.5) is 4.39 Å². The maximum absolute atomic E-state index is 12.9. The second kappa shape index (κ2) is 2.42. The highest BCUT2D eigenvalue weighted by atomic mass is 32.1. The maximum Gasteiger partial charge on any atom is 0.123 e. The molecular weight excluding hydrogens is 183 g/mol. The summed E-state index contributed by atoms with van der Waals surface area (Å²) < 4.78 is 12.9. The zero-order chi connectivity index (χ0) is 8.84. The molecule has 3 rings (SSSR count). The third-order valence-electron chi connectivity index (χ3n) is 2.45. The molecule has 1 aromatic heterocycles. The van der Waals surface area contributed by atoms with Crippen molar-refractivity contribution in [1.29, 1.82) is 0 Å². The van der Waals surface area contributed by atoms with E-state index >= 15 is 0 Å². The van der Waals surface area contributed by atoms with Gasteiger partial charge in [0.05, 0.1) is 0 Å². The Balaban J connectivity index is 2.29. The second-order valence-corrected chi connectivity index (χ2v) is 4.24. The van der Waals surface area contributed by atoms with Gasteiger partial charge in [0.25, 0.3) is 0 Å². The van der Waals surface area contributed by atoms with E-state index in [1.165, 1.54) is 22.1 Å². The predicted molar refractivity (Wildman–Crippen MR) is 52.5 cm³/mol. The lowest BCUT2D eigenvalue weighted by atomic mass is 10.1. The van der Waals surface area contributed by atoms with Crippen LogP contribution in [0.5, 0.6) is 0 Å². The Labute approximate surface area is 79.7 Å². The van der Waals surface area contributed by atoms with E-state index in [4.69, 9.17) is 0 Å². The van der Waals surface area contributed by atoms with Crippen LogP contribution in [-0.2, 0) is 6.42 Å². The predicted octanol–water partition coefficient (Wildman–Crippen LogP) is 3.46. The number of hydrogen-bond acceptors (Lipinski definition) is 1. The Kier molecular flexibility index (Phi) is 1.35. The fourth-order valence-electron chi connectivity index (χ4n) is 1.86. The van der Waals surface area contributed by atoms with Crippen LogP contribution in [0.1, 0.15) is 10.4 Å². The van der Waals surface area contributed by atoms with Crippen molar-refractivity contribution in [2.45, 2.75) is 6.42 Å². The first-order valence-corrected chi connectivity index (χ1v) is 5.08. The molecule has 0 aliphatic heterocycles. The summed E-state index contributed by atoms with van der Waals surface area (Å²) in [6.45, 7) is 0. The fraction of sp³-hybridized carbons (Fsp3) is 0.0909. The van der Waals surface area contributed by atoms with Gasteiger partial charge in [-0.1, -0.05) is 6.07 Å². The summed E-state index contributed by atoms with van der Waals surface area (Å²) in [5.41, 5.74) is 3.62. The molecule has 13 heavy (non-hydrogen) atoms. The molecule has 0 N–H and O–H groups in total. The molecule has 0 amide bonds. The Morgan fingerprint density at radius 1 is 1.15 bits per heavy atom. The molecule has 0 bridgehead atoms. The first kappa shape index (κ1) is 7.27. The summed E-state index contributed by atoms with van der Waals surface area (Å²) in [5.74, 6) is -0.131. The summed E-state index contributed by atoms with van der Waals surface area (Å²) >= 11 is 1.75. The van der Waals surface area contributed by atoms with Crippen LogP contribution in [0.2, 0.25) is 0 Å². The number of halogens is 1. The highest BCUT2D eigenvalue weighted by molar-refractivity contribution is 7.10. The van der Waals surface area contributed by atoms with E-state index in [1.807, 2.05) is 6.07 Å². The Morgan fingerprint density at radius 3 is 3.00 bits per heavy atom. The van der Waals surface area contributed by atoms with Crippen LogP contribution < -0.4 is 0 Å². The van der Waals surface area contributed by atoms with Gasteiger partial charge in [-0.25, -0.2) is 4.39 Å². The number of rotatable bonds is 0. The fourth-order valence-corrected chi connectivity index (χ4v) is 2.77. The van der Waals surface area contributed by atoms with Crippen molar-refractivity contribution in [1.82, 2.24) is 0 Å². The minimum atomic E-state index is -0.131. The third kappa shape index (κ3) is 0.954. The van der Waals surface area contributed by atoms with Crippen molar-refractivity contribution in [3.05, 3.63) is 45.9 Å². The van der Waals surface area contributed by atoms with Crippen LogP contribution >= 0.6 is 11.3 Å². The van der Waals surface area contributed by atoms with Crippen LogP contribution in [0, 0.1) is 5.82 Å². The van der Waals surface area contributed by atoms with E-state index in [-0.39, 0.29) is 5.82 Å². The van der Waals surface area contributed by atoms with Gasteiger partial charge in [0, 0.05) is 11.3 Å². The third-order valence-corrected chi connectivity index (χ3v) is 3.37. The molecule has 0 unspecified atom stereocenters. The summed E-state index contributed by atoms with van der Waals surface area (Å²) in [7, 11) is 0.